The number of carbonyl (C=O) groups excluding carboxylic acids is 2. The predicted molar refractivity (Wildman–Crippen MR) is 77.5 cm³/mol. The number of benzene rings is 1. The van der Waals surface area contributed by atoms with Crippen LogP contribution < -0.4 is 0 Å². The van der Waals surface area contributed by atoms with Gasteiger partial charge in [-0.05, 0) is 17.7 Å². The second-order valence-electron chi connectivity index (χ2n) is 5.76. The largest absolute Gasteiger partial charge is 0.401 e. The summed E-state index contributed by atoms with van der Waals surface area (Å²) < 4.78 is 40.7. The van der Waals surface area contributed by atoms with E-state index in [4.69, 9.17) is 0 Å². The van der Waals surface area contributed by atoms with Crippen molar-refractivity contribution in [2.45, 2.75) is 17.6 Å². The number of nitrogens with zero attached hydrogens (tertiary/aromatic N) is 1. The summed E-state index contributed by atoms with van der Waals surface area (Å²) in [7, 11) is 1.34. The van der Waals surface area contributed by atoms with Gasteiger partial charge in [-0.25, -0.2) is 0 Å². The van der Waals surface area contributed by atoms with Crippen molar-refractivity contribution in [3.8, 4) is 0 Å². The van der Waals surface area contributed by atoms with E-state index < -0.39 is 29.5 Å². The van der Waals surface area contributed by atoms with Crippen LogP contribution in [0.25, 0.3) is 0 Å². The van der Waals surface area contributed by atoms with Gasteiger partial charge in [-0.3, -0.25) is 9.59 Å². The zero-order chi connectivity index (χ0) is 16.8. The molecular formula is C17H14F3NO2. The summed E-state index contributed by atoms with van der Waals surface area (Å²) >= 11 is 0. The van der Waals surface area contributed by atoms with E-state index in [1.807, 2.05) is 0 Å². The molecule has 2 atom stereocenters. The van der Waals surface area contributed by atoms with Crippen LogP contribution in [0.5, 0.6) is 0 Å². The molecule has 1 aliphatic carbocycles. The van der Waals surface area contributed by atoms with Crippen molar-refractivity contribution >= 4 is 11.7 Å². The van der Waals surface area contributed by atoms with Gasteiger partial charge in [0.1, 0.15) is 5.92 Å². The molecule has 1 aromatic rings. The first-order valence-electron chi connectivity index (χ1n) is 7.09. The monoisotopic (exact) mass is 321 g/mol. The van der Waals surface area contributed by atoms with Gasteiger partial charge < -0.3 is 4.90 Å². The number of halogens is 3. The van der Waals surface area contributed by atoms with E-state index in [0.29, 0.717) is 5.56 Å². The van der Waals surface area contributed by atoms with Gasteiger partial charge in [-0.2, -0.15) is 13.2 Å². The molecule has 0 aromatic heterocycles. The smallest absolute Gasteiger partial charge is 0.332 e. The molecule has 1 spiro atoms. The summed E-state index contributed by atoms with van der Waals surface area (Å²) in [6.07, 6.45) is 0.572. The maximum absolute atomic E-state index is 13.6. The number of likely N-dealkylation sites (tertiary alicyclic amines) is 1. The SMILES string of the molecule is CN1C(=O)[C@@H](C(F)(F)F)[C@H](c2ccccc2)C12C=CC(=O)C=C2. The van der Waals surface area contributed by atoms with Gasteiger partial charge in [-0.15, -0.1) is 0 Å². The summed E-state index contributed by atoms with van der Waals surface area (Å²) in [4.78, 5) is 24.8. The molecule has 1 aliphatic heterocycles. The molecule has 0 saturated carbocycles. The average molecular weight is 321 g/mol. The number of hydrogen-bond acceptors (Lipinski definition) is 2. The first kappa shape index (κ1) is 15.5. The van der Waals surface area contributed by atoms with E-state index in [0.717, 1.165) is 4.90 Å². The van der Waals surface area contributed by atoms with Crippen LogP contribution in [0, 0.1) is 5.92 Å². The Hall–Kier alpha value is -2.37. The number of ketones is 1. The third-order valence-corrected chi connectivity index (χ3v) is 4.55. The van der Waals surface area contributed by atoms with E-state index in [2.05, 4.69) is 0 Å². The Morgan fingerprint density at radius 3 is 2.13 bits per heavy atom. The van der Waals surface area contributed by atoms with E-state index in [1.165, 1.54) is 31.4 Å². The highest BCUT2D eigenvalue weighted by atomic mass is 19.4. The number of hydrogen-bond donors (Lipinski definition) is 0. The maximum atomic E-state index is 13.6. The standard InChI is InChI=1S/C17H14F3NO2/c1-21-15(23)14(17(18,19)20)13(11-5-3-2-4-6-11)16(21)9-7-12(22)8-10-16/h2-10,13-14H,1H3/t13-,14-/m0/s1. The Kier molecular flexibility index (Phi) is 3.43. The average Bonchev–Trinajstić information content (AvgIpc) is 2.73. The Morgan fingerprint density at radius 2 is 1.61 bits per heavy atom. The molecule has 0 radical (unpaired) electrons. The van der Waals surface area contributed by atoms with Gasteiger partial charge in [0.15, 0.2) is 5.78 Å². The van der Waals surface area contributed by atoms with Crippen molar-refractivity contribution < 1.29 is 22.8 Å². The predicted octanol–water partition coefficient (Wildman–Crippen LogP) is 2.85. The van der Waals surface area contributed by atoms with Crippen LogP contribution >= 0.6 is 0 Å². The van der Waals surface area contributed by atoms with Crippen molar-refractivity contribution in [1.29, 1.82) is 0 Å². The van der Waals surface area contributed by atoms with Crippen LogP contribution in [0.2, 0.25) is 0 Å². The lowest BCUT2D eigenvalue weighted by Gasteiger charge is -2.37. The van der Waals surface area contributed by atoms with E-state index in [9.17, 15) is 22.8 Å². The second kappa shape index (κ2) is 5.08. The zero-order valence-electron chi connectivity index (χ0n) is 12.2. The summed E-state index contributed by atoms with van der Waals surface area (Å²) in [6, 6.07) is 8.14. The van der Waals surface area contributed by atoms with Gasteiger partial charge >= 0.3 is 6.18 Å². The summed E-state index contributed by atoms with van der Waals surface area (Å²) in [6.45, 7) is 0. The molecule has 0 unspecified atom stereocenters. The lowest BCUT2D eigenvalue weighted by Crippen LogP contribution is -2.44. The lowest BCUT2D eigenvalue weighted by atomic mass is 9.73. The molecule has 23 heavy (non-hydrogen) atoms. The maximum Gasteiger partial charge on any atom is 0.401 e. The van der Waals surface area contributed by atoms with E-state index >= 15 is 0 Å². The third kappa shape index (κ3) is 2.29. The molecule has 0 N–H and O–H groups in total. The van der Waals surface area contributed by atoms with Crippen LogP contribution in [-0.2, 0) is 9.59 Å². The minimum absolute atomic E-state index is 0.307. The zero-order valence-corrected chi connectivity index (χ0v) is 12.2. The van der Waals surface area contributed by atoms with Crippen LogP contribution in [0.15, 0.2) is 54.6 Å². The minimum Gasteiger partial charge on any atom is -0.332 e. The molecule has 0 bridgehead atoms. The Balaban J connectivity index is 2.22. The quantitative estimate of drug-likeness (QED) is 0.798. The van der Waals surface area contributed by atoms with Crippen molar-refractivity contribution in [2.75, 3.05) is 7.05 Å². The normalized spacial score (nSPS) is 26.3. The molecule has 1 aromatic carbocycles. The molecule has 1 amide bonds. The molecular weight excluding hydrogens is 307 g/mol. The van der Waals surface area contributed by atoms with Crippen LogP contribution in [0.4, 0.5) is 13.2 Å². The summed E-state index contributed by atoms with van der Waals surface area (Å²) in [5.41, 5.74) is -0.872. The number of alkyl halides is 3. The van der Waals surface area contributed by atoms with Gasteiger partial charge in [0.2, 0.25) is 5.91 Å². The molecule has 3 nitrogen and oxygen atoms in total. The van der Waals surface area contributed by atoms with Crippen molar-refractivity contribution in [3.63, 3.8) is 0 Å². The van der Waals surface area contributed by atoms with Crippen LogP contribution in [0.1, 0.15) is 11.5 Å². The third-order valence-electron chi connectivity index (χ3n) is 4.55. The molecule has 1 saturated heterocycles. The number of allylic oxidation sites excluding steroid dienone is 2. The Labute approximate surface area is 131 Å². The summed E-state index contributed by atoms with van der Waals surface area (Å²) in [5.74, 6) is -4.58. The number of amides is 1. The fourth-order valence-electron chi connectivity index (χ4n) is 3.44. The number of likely N-dealkylation sites (N-methyl/N-ethyl adjacent to an activating group) is 1. The van der Waals surface area contributed by atoms with Gasteiger partial charge in [0.05, 0.1) is 5.54 Å². The first-order valence-corrected chi connectivity index (χ1v) is 7.09. The van der Waals surface area contributed by atoms with Crippen molar-refractivity contribution in [2.24, 2.45) is 5.92 Å². The number of rotatable bonds is 1. The second-order valence-corrected chi connectivity index (χ2v) is 5.76. The summed E-state index contributed by atoms with van der Waals surface area (Å²) in [5, 5.41) is 0. The lowest BCUT2D eigenvalue weighted by molar-refractivity contribution is -0.183. The highest BCUT2D eigenvalue weighted by molar-refractivity contribution is 6.01. The number of carbonyl (C=O) groups is 2. The minimum atomic E-state index is -4.67. The molecule has 1 heterocycles. The van der Waals surface area contributed by atoms with Gasteiger partial charge in [0, 0.05) is 13.0 Å². The molecule has 120 valence electrons. The van der Waals surface area contributed by atoms with Crippen LogP contribution in [0.3, 0.4) is 0 Å². The van der Waals surface area contributed by atoms with Crippen molar-refractivity contribution in [3.05, 3.63) is 60.2 Å². The molecule has 1 fully saturated rings. The van der Waals surface area contributed by atoms with Crippen molar-refractivity contribution in [1.82, 2.24) is 4.90 Å². The fraction of sp³-hybridized carbons (Fsp3) is 0.294. The van der Waals surface area contributed by atoms with E-state index in [-0.39, 0.29) is 5.78 Å². The van der Waals surface area contributed by atoms with E-state index in [1.54, 1.807) is 30.3 Å². The highest BCUT2D eigenvalue weighted by Gasteiger charge is 2.64. The molecule has 6 heteroatoms. The fourth-order valence-corrected chi connectivity index (χ4v) is 3.44. The Morgan fingerprint density at radius 1 is 1.04 bits per heavy atom. The van der Waals surface area contributed by atoms with Crippen LogP contribution in [-0.4, -0.2) is 35.4 Å². The topological polar surface area (TPSA) is 37.4 Å². The van der Waals surface area contributed by atoms with Gasteiger partial charge in [0.25, 0.3) is 0 Å². The molecule has 2 aliphatic rings. The first-order chi connectivity index (χ1) is 10.8. The Bertz CT molecular complexity index is 690. The van der Waals surface area contributed by atoms with Gasteiger partial charge in [-0.1, -0.05) is 42.5 Å². The highest BCUT2D eigenvalue weighted by Crippen LogP contribution is 2.53. The molecule has 3 rings (SSSR count).